The average Bonchev–Trinajstić information content (AvgIpc) is 3.87. The summed E-state index contributed by atoms with van der Waals surface area (Å²) >= 11 is 0. The molecule has 3 aromatic rings. The first kappa shape index (κ1) is 24.4. The van der Waals surface area contributed by atoms with Gasteiger partial charge in [0, 0.05) is 32.0 Å². The van der Waals surface area contributed by atoms with E-state index in [-0.39, 0.29) is 29.2 Å². The van der Waals surface area contributed by atoms with Crippen LogP contribution in [0.5, 0.6) is 0 Å². The van der Waals surface area contributed by atoms with Crippen molar-refractivity contribution in [2.24, 2.45) is 11.8 Å². The number of nitrogens with one attached hydrogen (secondary N) is 1. The molecule has 0 radical (unpaired) electrons. The van der Waals surface area contributed by atoms with Crippen LogP contribution in [-0.4, -0.2) is 34.3 Å². The van der Waals surface area contributed by atoms with Gasteiger partial charge >= 0.3 is 5.97 Å². The van der Waals surface area contributed by atoms with E-state index >= 15 is 0 Å². The fourth-order valence-electron chi connectivity index (χ4n) is 5.77. The zero-order valence-electron chi connectivity index (χ0n) is 21.4. The normalized spacial score (nSPS) is 19.9. The van der Waals surface area contributed by atoms with Crippen molar-refractivity contribution in [2.45, 2.75) is 51.1 Å². The molecule has 0 bridgehead atoms. The summed E-state index contributed by atoms with van der Waals surface area (Å²) in [4.78, 5) is 39.5. The number of nitrogens with zero attached hydrogens (tertiary/aromatic N) is 1. The average molecular weight is 509 g/mol. The Morgan fingerprint density at radius 1 is 0.947 bits per heavy atom. The standard InChI is InChI=1S/C32H32N2O4/c35-30(15-20-9-10-20)34-14-13-26-25(22-7-4-8-23(16-22)32(37)38)12-11-24(29(26)19-34)18-33-31(36)28-17-27(28)21-5-2-1-3-6-21/h1-8,11-12,16,20,27-28H,9-10,13-15,17-19H2,(H,33,36)(H,37,38)/t27-,28+/m1/s1. The number of aromatic carboxylic acids is 1. The van der Waals surface area contributed by atoms with Gasteiger partial charge in [0.25, 0.3) is 0 Å². The van der Waals surface area contributed by atoms with Gasteiger partial charge in [-0.3, -0.25) is 9.59 Å². The lowest BCUT2D eigenvalue weighted by molar-refractivity contribution is -0.132. The topological polar surface area (TPSA) is 86.7 Å². The van der Waals surface area contributed by atoms with Gasteiger partial charge in [-0.1, -0.05) is 54.6 Å². The van der Waals surface area contributed by atoms with Crippen molar-refractivity contribution in [1.29, 1.82) is 0 Å². The van der Waals surface area contributed by atoms with E-state index < -0.39 is 5.97 Å². The smallest absolute Gasteiger partial charge is 0.335 e. The lowest BCUT2D eigenvalue weighted by Crippen LogP contribution is -2.37. The minimum atomic E-state index is -0.953. The van der Waals surface area contributed by atoms with Crippen LogP contribution in [-0.2, 0) is 29.1 Å². The highest BCUT2D eigenvalue weighted by Gasteiger charge is 2.43. The monoisotopic (exact) mass is 508 g/mol. The number of fused-ring (bicyclic) bond motifs is 1. The van der Waals surface area contributed by atoms with Gasteiger partial charge in [-0.2, -0.15) is 0 Å². The van der Waals surface area contributed by atoms with Crippen LogP contribution < -0.4 is 5.32 Å². The fraction of sp³-hybridized carbons (Fsp3) is 0.344. The van der Waals surface area contributed by atoms with Gasteiger partial charge in [-0.05, 0) is 83.0 Å². The van der Waals surface area contributed by atoms with E-state index in [1.54, 1.807) is 18.2 Å². The zero-order valence-corrected chi connectivity index (χ0v) is 21.4. The maximum absolute atomic E-state index is 13.0. The fourth-order valence-corrected chi connectivity index (χ4v) is 5.77. The summed E-state index contributed by atoms with van der Waals surface area (Å²) in [7, 11) is 0. The molecule has 0 saturated heterocycles. The van der Waals surface area contributed by atoms with Crippen molar-refractivity contribution in [2.75, 3.05) is 6.54 Å². The first-order valence-corrected chi connectivity index (χ1v) is 13.6. The Labute approximate surface area is 222 Å². The molecule has 6 nitrogen and oxygen atoms in total. The number of amides is 2. The van der Waals surface area contributed by atoms with Crippen LogP contribution in [0.3, 0.4) is 0 Å². The van der Waals surface area contributed by atoms with Crippen LogP contribution in [0, 0.1) is 11.8 Å². The van der Waals surface area contributed by atoms with E-state index in [1.165, 1.54) is 5.56 Å². The predicted molar refractivity (Wildman–Crippen MR) is 144 cm³/mol. The van der Waals surface area contributed by atoms with E-state index in [9.17, 15) is 19.5 Å². The summed E-state index contributed by atoms with van der Waals surface area (Å²) < 4.78 is 0. The Morgan fingerprint density at radius 2 is 1.76 bits per heavy atom. The van der Waals surface area contributed by atoms with Crippen LogP contribution in [0.2, 0.25) is 0 Å². The van der Waals surface area contributed by atoms with E-state index in [1.807, 2.05) is 41.3 Å². The Bertz CT molecular complexity index is 1400. The predicted octanol–water partition coefficient (Wildman–Crippen LogP) is 5.16. The summed E-state index contributed by atoms with van der Waals surface area (Å²) in [5.41, 5.74) is 6.56. The van der Waals surface area contributed by atoms with Crippen molar-refractivity contribution in [1.82, 2.24) is 10.2 Å². The van der Waals surface area contributed by atoms with Gasteiger partial charge in [0.05, 0.1) is 5.56 Å². The van der Waals surface area contributed by atoms with Crippen LogP contribution in [0.25, 0.3) is 11.1 Å². The minimum Gasteiger partial charge on any atom is -0.478 e. The maximum Gasteiger partial charge on any atom is 0.335 e. The van der Waals surface area contributed by atoms with E-state index in [0.717, 1.165) is 47.1 Å². The first-order valence-electron chi connectivity index (χ1n) is 13.6. The molecule has 0 aromatic heterocycles. The molecule has 2 amide bonds. The van der Waals surface area contributed by atoms with Crippen molar-refractivity contribution >= 4 is 17.8 Å². The molecule has 2 atom stereocenters. The summed E-state index contributed by atoms with van der Waals surface area (Å²) in [6, 6.07) is 21.3. The summed E-state index contributed by atoms with van der Waals surface area (Å²) in [6.45, 7) is 1.59. The largest absolute Gasteiger partial charge is 0.478 e. The molecule has 3 aliphatic rings. The van der Waals surface area contributed by atoms with Crippen LogP contribution in [0.15, 0.2) is 66.7 Å². The minimum absolute atomic E-state index is 0.00266. The second-order valence-electron chi connectivity index (χ2n) is 10.9. The van der Waals surface area contributed by atoms with Gasteiger partial charge in [0.2, 0.25) is 11.8 Å². The van der Waals surface area contributed by atoms with E-state index in [0.29, 0.717) is 38.4 Å². The summed E-state index contributed by atoms with van der Waals surface area (Å²) in [5.74, 6) is 0.139. The number of hydrogen-bond donors (Lipinski definition) is 2. The SMILES string of the molecule is O=C(O)c1cccc(-c2ccc(CNC(=O)[C@H]3C[C@@H]3c3ccccc3)c3c2CCN(C(=O)CC2CC2)C3)c1. The lowest BCUT2D eigenvalue weighted by Gasteiger charge is -2.32. The number of carbonyl (C=O) groups is 3. The molecule has 0 spiro atoms. The molecule has 2 N–H and O–H groups in total. The second kappa shape index (κ2) is 10.1. The molecule has 1 aliphatic heterocycles. The lowest BCUT2D eigenvalue weighted by atomic mass is 9.87. The van der Waals surface area contributed by atoms with Crippen LogP contribution >= 0.6 is 0 Å². The number of benzene rings is 3. The number of carbonyl (C=O) groups excluding carboxylic acids is 2. The Morgan fingerprint density at radius 3 is 2.53 bits per heavy atom. The third kappa shape index (κ3) is 5.08. The van der Waals surface area contributed by atoms with Crippen molar-refractivity contribution < 1.29 is 19.5 Å². The molecule has 6 rings (SSSR count). The molecule has 194 valence electrons. The van der Waals surface area contributed by atoms with Gasteiger partial charge < -0.3 is 15.3 Å². The van der Waals surface area contributed by atoms with Crippen molar-refractivity contribution in [3.05, 3.63) is 94.5 Å². The van der Waals surface area contributed by atoms with Gasteiger partial charge in [-0.15, -0.1) is 0 Å². The number of hydrogen-bond acceptors (Lipinski definition) is 3. The molecule has 38 heavy (non-hydrogen) atoms. The molecular weight excluding hydrogens is 476 g/mol. The Balaban J connectivity index is 1.24. The summed E-state index contributed by atoms with van der Waals surface area (Å²) in [5, 5.41) is 12.7. The molecule has 6 heteroatoms. The van der Waals surface area contributed by atoms with Crippen LogP contribution in [0.1, 0.15) is 64.2 Å². The van der Waals surface area contributed by atoms with Gasteiger partial charge in [0.1, 0.15) is 0 Å². The third-order valence-corrected chi connectivity index (χ3v) is 8.25. The molecule has 2 saturated carbocycles. The van der Waals surface area contributed by atoms with E-state index in [4.69, 9.17) is 0 Å². The highest BCUT2D eigenvalue weighted by atomic mass is 16.4. The molecule has 3 aromatic carbocycles. The second-order valence-corrected chi connectivity index (χ2v) is 10.9. The number of carboxylic acids is 1. The van der Waals surface area contributed by atoms with Crippen molar-refractivity contribution in [3.8, 4) is 11.1 Å². The number of rotatable bonds is 8. The number of carboxylic acid groups (broad SMARTS) is 1. The van der Waals surface area contributed by atoms with Gasteiger partial charge in [0.15, 0.2) is 0 Å². The quantitative estimate of drug-likeness (QED) is 0.440. The first-order chi connectivity index (χ1) is 18.5. The van der Waals surface area contributed by atoms with Gasteiger partial charge in [-0.25, -0.2) is 4.79 Å². The van der Waals surface area contributed by atoms with Crippen LogP contribution in [0.4, 0.5) is 0 Å². The van der Waals surface area contributed by atoms with E-state index in [2.05, 4.69) is 17.4 Å². The zero-order chi connectivity index (χ0) is 26.2. The Kier molecular flexibility index (Phi) is 6.48. The Hall–Kier alpha value is -3.93. The van der Waals surface area contributed by atoms with Crippen molar-refractivity contribution in [3.63, 3.8) is 0 Å². The summed E-state index contributed by atoms with van der Waals surface area (Å²) in [6.07, 6.45) is 4.48. The third-order valence-electron chi connectivity index (χ3n) is 8.25. The maximum atomic E-state index is 13.0. The molecule has 0 unspecified atom stereocenters. The molecule has 2 aliphatic carbocycles. The highest BCUT2D eigenvalue weighted by Crippen LogP contribution is 2.47. The molecular formula is C32H32N2O4. The highest BCUT2D eigenvalue weighted by molar-refractivity contribution is 5.90. The molecule has 2 fully saturated rings. The molecule has 1 heterocycles.